The van der Waals surface area contributed by atoms with Crippen molar-refractivity contribution in [3.8, 4) is 11.5 Å². The van der Waals surface area contributed by atoms with Gasteiger partial charge in [-0.25, -0.2) is 4.39 Å². The van der Waals surface area contributed by atoms with Crippen LogP contribution in [-0.4, -0.2) is 7.11 Å². The van der Waals surface area contributed by atoms with E-state index in [1.807, 2.05) is 0 Å². The zero-order valence-electron chi connectivity index (χ0n) is 10.3. The molecule has 0 aliphatic carbocycles. The zero-order valence-corrected chi connectivity index (χ0v) is 11.9. The molecular weight excluding hydrogens is 313 g/mol. The Morgan fingerprint density at radius 1 is 1.21 bits per heavy atom. The predicted molar refractivity (Wildman–Crippen MR) is 75.8 cm³/mol. The van der Waals surface area contributed by atoms with E-state index in [1.54, 1.807) is 31.4 Å². The second-order valence-electron chi connectivity index (χ2n) is 3.98. The lowest BCUT2D eigenvalue weighted by Crippen LogP contribution is -1.98. The average molecular weight is 326 g/mol. The molecule has 0 aromatic heterocycles. The maximum atomic E-state index is 13.2. The molecule has 2 aromatic rings. The summed E-state index contributed by atoms with van der Waals surface area (Å²) in [4.78, 5) is 0. The number of hydrogen-bond acceptors (Lipinski definition) is 3. The van der Waals surface area contributed by atoms with E-state index < -0.39 is 0 Å². The van der Waals surface area contributed by atoms with Gasteiger partial charge in [0.2, 0.25) is 0 Å². The third-order valence-electron chi connectivity index (χ3n) is 2.51. The molecule has 0 amide bonds. The number of hydrogen-bond donors (Lipinski definition) is 1. The van der Waals surface area contributed by atoms with Crippen molar-refractivity contribution >= 4 is 21.6 Å². The highest BCUT2D eigenvalue weighted by Crippen LogP contribution is 2.29. The fourth-order valence-corrected chi connectivity index (χ4v) is 2.12. The Kier molecular flexibility index (Phi) is 4.27. The molecule has 0 fully saturated rings. The Balaban J connectivity index is 2.10. The number of ether oxygens (including phenoxy) is 2. The third-order valence-corrected chi connectivity index (χ3v) is 3.13. The van der Waals surface area contributed by atoms with Crippen LogP contribution >= 0.6 is 15.9 Å². The molecule has 19 heavy (non-hydrogen) atoms. The van der Waals surface area contributed by atoms with Crippen molar-refractivity contribution in [3.63, 3.8) is 0 Å². The molecule has 0 unspecified atom stereocenters. The lowest BCUT2D eigenvalue weighted by Gasteiger charge is -2.10. The Labute approximate surface area is 119 Å². The summed E-state index contributed by atoms with van der Waals surface area (Å²) in [5.41, 5.74) is 6.64. The molecule has 2 N–H and O–H groups in total. The van der Waals surface area contributed by atoms with Crippen molar-refractivity contribution in [3.05, 3.63) is 52.3 Å². The van der Waals surface area contributed by atoms with Crippen molar-refractivity contribution < 1.29 is 13.9 Å². The van der Waals surface area contributed by atoms with E-state index in [4.69, 9.17) is 15.2 Å². The summed E-state index contributed by atoms with van der Waals surface area (Å²) in [6.07, 6.45) is 0. The van der Waals surface area contributed by atoms with E-state index in [1.165, 1.54) is 12.1 Å². The topological polar surface area (TPSA) is 44.5 Å². The minimum Gasteiger partial charge on any atom is -0.497 e. The average Bonchev–Trinajstić information content (AvgIpc) is 2.36. The van der Waals surface area contributed by atoms with Crippen molar-refractivity contribution in [1.29, 1.82) is 0 Å². The third kappa shape index (κ3) is 3.61. The molecule has 0 saturated carbocycles. The molecule has 0 spiro atoms. The molecule has 3 nitrogen and oxygen atoms in total. The van der Waals surface area contributed by atoms with Gasteiger partial charge >= 0.3 is 0 Å². The molecule has 2 rings (SSSR count). The summed E-state index contributed by atoms with van der Waals surface area (Å²) in [6, 6.07) is 9.72. The largest absolute Gasteiger partial charge is 0.497 e. The first kappa shape index (κ1) is 13.7. The van der Waals surface area contributed by atoms with Gasteiger partial charge in [-0.2, -0.15) is 0 Å². The van der Waals surface area contributed by atoms with E-state index in [-0.39, 0.29) is 12.4 Å². The molecule has 100 valence electrons. The molecule has 0 radical (unpaired) electrons. The Morgan fingerprint density at radius 2 is 2.00 bits per heavy atom. The first-order valence-electron chi connectivity index (χ1n) is 5.60. The molecular formula is C14H13BrFNO2. The number of benzene rings is 2. The fourth-order valence-electron chi connectivity index (χ4n) is 1.65. The van der Waals surface area contributed by atoms with Gasteiger partial charge in [0, 0.05) is 5.69 Å². The van der Waals surface area contributed by atoms with E-state index >= 15 is 0 Å². The van der Waals surface area contributed by atoms with Gasteiger partial charge < -0.3 is 15.2 Å². The predicted octanol–water partition coefficient (Wildman–Crippen LogP) is 3.76. The summed E-state index contributed by atoms with van der Waals surface area (Å²) in [6.45, 7) is 0.243. The molecule has 0 heterocycles. The van der Waals surface area contributed by atoms with Crippen LogP contribution in [0.2, 0.25) is 0 Å². The summed E-state index contributed by atoms with van der Waals surface area (Å²) in [5.74, 6) is 1.02. The highest BCUT2D eigenvalue weighted by atomic mass is 79.9. The molecule has 0 atom stereocenters. The van der Waals surface area contributed by atoms with Crippen LogP contribution in [-0.2, 0) is 6.61 Å². The van der Waals surface area contributed by atoms with Gasteiger partial charge in [-0.05, 0) is 57.9 Å². The first-order chi connectivity index (χ1) is 9.08. The standard InChI is InChI=1S/C14H13BrFNO2/c1-18-12-2-3-14(13(15)7-12)19-8-9-4-10(16)6-11(17)5-9/h2-7H,8,17H2,1H3. The Morgan fingerprint density at radius 3 is 2.63 bits per heavy atom. The fraction of sp³-hybridized carbons (Fsp3) is 0.143. The number of anilines is 1. The van der Waals surface area contributed by atoms with E-state index in [0.717, 1.165) is 10.2 Å². The van der Waals surface area contributed by atoms with Gasteiger partial charge in [0.1, 0.15) is 23.9 Å². The van der Waals surface area contributed by atoms with Crippen molar-refractivity contribution in [1.82, 2.24) is 0 Å². The van der Waals surface area contributed by atoms with Crippen LogP contribution in [0.1, 0.15) is 5.56 Å². The summed E-state index contributed by atoms with van der Waals surface area (Å²) in [5, 5.41) is 0. The number of nitrogen functional groups attached to an aromatic ring is 1. The molecule has 2 aromatic carbocycles. The number of halogens is 2. The van der Waals surface area contributed by atoms with Crippen molar-refractivity contribution in [2.45, 2.75) is 6.61 Å². The van der Waals surface area contributed by atoms with Crippen molar-refractivity contribution in [2.24, 2.45) is 0 Å². The van der Waals surface area contributed by atoms with Crippen LogP contribution in [0, 0.1) is 5.82 Å². The van der Waals surface area contributed by atoms with Crippen LogP contribution in [0.25, 0.3) is 0 Å². The van der Waals surface area contributed by atoms with Crippen LogP contribution in [0.15, 0.2) is 40.9 Å². The second kappa shape index (κ2) is 5.93. The van der Waals surface area contributed by atoms with Gasteiger partial charge in [0.15, 0.2) is 0 Å². The minimum atomic E-state index is -0.368. The first-order valence-corrected chi connectivity index (χ1v) is 6.39. The quantitative estimate of drug-likeness (QED) is 0.870. The summed E-state index contributed by atoms with van der Waals surface area (Å²) >= 11 is 3.39. The number of nitrogens with two attached hydrogens (primary N) is 1. The molecule has 0 aliphatic rings. The molecule has 5 heteroatoms. The summed E-state index contributed by atoms with van der Waals surface area (Å²) in [7, 11) is 1.60. The lowest BCUT2D eigenvalue weighted by molar-refractivity contribution is 0.303. The highest BCUT2D eigenvalue weighted by Gasteiger charge is 2.05. The summed E-state index contributed by atoms with van der Waals surface area (Å²) < 4.78 is 24.6. The Hall–Kier alpha value is -1.75. The minimum absolute atomic E-state index is 0.243. The van der Waals surface area contributed by atoms with Gasteiger partial charge in [-0.15, -0.1) is 0 Å². The van der Waals surface area contributed by atoms with E-state index in [2.05, 4.69) is 15.9 Å². The smallest absolute Gasteiger partial charge is 0.134 e. The molecule has 0 aliphatic heterocycles. The zero-order chi connectivity index (χ0) is 13.8. The molecule has 0 saturated heterocycles. The highest BCUT2D eigenvalue weighted by molar-refractivity contribution is 9.10. The van der Waals surface area contributed by atoms with Crippen LogP contribution in [0.3, 0.4) is 0 Å². The van der Waals surface area contributed by atoms with Gasteiger partial charge in [-0.1, -0.05) is 0 Å². The van der Waals surface area contributed by atoms with Gasteiger partial charge in [-0.3, -0.25) is 0 Å². The van der Waals surface area contributed by atoms with E-state index in [9.17, 15) is 4.39 Å². The van der Waals surface area contributed by atoms with Crippen LogP contribution in [0.5, 0.6) is 11.5 Å². The number of rotatable bonds is 4. The second-order valence-corrected chi connectivity index (χ2v) is 4.83. The van der Waals surface area contributed by atoms with Crippen LogP contribution < -0.4 is 15.2 Å². The van der Waals surface area contributed by atoms with Gasteiger partial charge in [0.25, 0.3) is 0 Å². The maximum absolute atomic E-state index is 13.2. The Bertz CT molecular complexity index is 569. The van der Waals surface area contributed by atoms with Crippen molar-refractivity contribution in [2.75, 3.05) is 12.8 Å². The lowest BCUT2D eigenvalue weighted by atomic mass is 10.2. The van der Waals surface area contributed by atoms with Gasteiger partial charge in [0.05, 0.1) is 11.6 Å². The van der Waals surface area contributed by atoms with E-state index in [0.29, 0.717) is 17.0 Å². The SMILES string of the molecule is COc1ccc(OCc2cc(N)cc(F)c2)c(Br)c1. The number of methoxy groups -OCH3 is 1. The maximum Gasteiger partial charge on any atom is 0.134 e. The monoisotopic (exact) mass is 325 g/mol. The normalized spacial score (nSPS) is 10.3. The molecule has 0 bridgehead atoms. The van der Waals surface area contributed by atoms with Crippen LogP contribution in [0.4, 0.5) is 10.1 Å².